The van der Waals surface area contributed by atoms with Crippen molar-refractivity contribution in [1.82, 2.24) is 0 Å². The van der Waals surface area contributed by atoms with Crippen molar-refractivity contribution in [1.29, 1.82) is 0 Å². The normalized spacial score (nSPS) is 10.9. The van der Waals surface area contributed by atoms with E-state index < -0.39 is 33.1 Å². The van der Waals surface area contributed by atoms with E-state index in [1.165, 1.54) is 49.6 Å². The number of Topliss-reactive ketones (excluding diaryl/α,β-unsaturated/α-hetero) is 1. The minimum Gasteiger partial charge on any atom is -0.495 e. The lowest BCUT2D eigenvalue weighted by atomic mass is 10.1. The first kappa shape index (κ1) is 24.4. The summed E-state index contributed by atoms with van der Waals surface area (Å²) in [6.45, 7) is 1.61. The third-order valence-electron chi connectivity index (χ3n) is 4.83. The Morgan fingerprint density at radius 3 is 2.35 bits per heavy atom. The lowest BCUT2D eigenvalue weighted by Crippen LogP contribution is -2.18. The predicted molar refractivity (Wildman–Crippen MR) is 126 cm³/mol. The van der Waals surface area contributed by atoms with E-state index >= 15 is 0 Å². The molecule has 3 aromatic rings. The molecular weight excluding hydrogens is 462 g/mol. The summed E-state index contributed by atoms with van der Waals surface area (Å²) in [6.07, 6.45) is -0.521. The van der Waals surface area contributed by atoms with Gasteiger partial charge in [-0.25, -0.2) is 8.42 Å². The van der Waals surface area contributed by atoms with Crippen LogP contribution in [0.4, 0.5) is 17.1 Å². The number of methoxy groups -OCH3 is 1. The van der Waals surface area contributed by atoms with Crippen LogP contribution in [-0.4, -0.2) is 32.1 Å². The maximum atomic E-state index is 13.0. The number of sulfonamides is 1. The molecule has 11 heteroatoms. The first-order valence-electron chi connectivity index (χ1n) is 9.94. The van der Waals surface area contributed by atoms with Crippen LogP contribution in [0.5, 0.6) is 5.75 Å². The Hall–Kier alpha value is -4.25. The highest BCUT2D eigenvalue weighted by atomic mass is 32.2. The molecule has 0 fully saturated rings. The van der Waals surface area contributed by atoms with Gasteiger partial charge in [-0.2, -0.15) is 0 Å². The van der Waals surface area contributed by atoms with Crippen molar-refractivity contribution >= 4 is 38.8 Å². The number of anilines is 2. The van der Waals surface area contributed by atoms with Crippen LogP contribution in [0.25, 0.3) is 0 Å². The number of rotatable bonds is 9. The van der Waals surface area contributed by atoms with Gasteiger partial charge in [0, 0.05) is 23.4 Å². The summed E-state index contributed by atoms with van der Waals surface area (Å²) in [4.78, 5) is 34.8. The van der Waals surface area contributed by atoms with Gasteiger partial charge < -0.3 is 10.1 Å². The standard InChI is InChI=1S/C23H21N3O7S/c1-15-7-10-17(13-22(15)34(31,32)25-19-5-3-4-6-21(19)33-2)24-23(28)14-20(27)16-8-11-18(12-9-16)26(29)30/h3-13,25H,14H2,1-2H3,(H,24,28). The number of nitro benzene ring substituents is 1. The molecule has 0 saturated carbocycles. The zero-order valence-electron chi connectivity index (χ0n) is 18.3. The smallest absolute Gasteiger partial charge is 0.269 e. The van der Waals surface area contributed by atoms with Crippen LogP contribution < -0.4 is 14.8 Å². The molecule has 10 nitrogen and oxygen atoms in total. The van der Waals surface area contributed by atoms with E-state index in [0.29, 0.717) is 11.3 Å². The molecule has 34 heavy (non-hydrogen) atoms. The lowest BCUT2D eigenvalue weighted by molar-refractivity contribution is -0.384. The number of benzene rings is 3. The molecule has 3 rings (SSSR count). The van der Waals surface area contributed by atoms with Gasteiger partial charge in [0.15, 0.2) is 5.78 Å². The van der Waals surface area contributed by atoms with E-state index in [2.05, 4.69) is 10.0 Å². The Labute approximate surface area is 195 Å². The van der Waals surface area contributed by atoms with E-state index in [1.807, 2.05) is 0 Å². The maximum Gasteiger partial charge on any atom is 0.269 e. The molecular formula is C23H21N3O7S. The number of nitrogens with one attached hydrogen (secondary N) is 2. The van der Waals surface area contributed by atoms with Gasteiger partial charge in [0.2, 0.25) is 5.91 Å². The molecule has 0 aliphatic rings. The number of nitrogens with zero attached hydrogens (tertiary/aromatic N) is 1. The van der Waals surface area contributed by atoms with Crippen LogP contribution in [0.3, 0.4) is 0 Å². The summed E-state index contributed by atoms with van der Waals surface area (Å²) in [5, 5.41) is 13.2. The lowest BCUT2D eigenvalue weighted by Gasteiger charge is -2.14. The number of nitro groups is 1. The van der Waals surface area contributed by atoms with Gasteiger partial charge in [-0.05, 0) is 48.9 Å². The topological polar surface area (TPSA) is 145 Å². The second-order valence-electron chi connectivity index (χ2n) is 7.24. The van der Waals surface area contributed by atoms with Crippen LogP contribution >= 0.6 is 0 Å². The van der Waals surface area contributed by atoms with E-state index in [-0.39, 0.29) is 27.5 Å². The average Bonchev–Trinajstić information content (AvgIpc) is 2.80. The third kappa shape index (κ3) is 5.75. The molecule has 0 radical (unpaired) electrons. The second-order valence-corrected chi connectivity index (χ2v) is 8.89. The van der Waals surface area contributed by atoms with Gasteiger partial charge in [-0.1, -0.05) is 18.2 Å². The van der Waals surface area contributed by atoms with Crippen LogP contribution in [0, 0.1) is 17.0 Å². The molecule has 176 valence electrons. The highest BCUT2D eigenvalue weighted by Crippen LogP contribution is 2.28. The molecule has 0 aromatic heterocycles. The molecule has 0 aliphatic carbocycles. The molecule has 0 spiro atoms. The van der Waals surface area contributed by atoms with Crippen molar-refractivity contribution in [2.45, 2.75) is 18.2 Å². The summed E-state index contributed by atoms with van der Waals surface area (Å²) < 4.78 is 33.6. The van der Waals surface area contributed by atoms with Crippen LogP contribution in [-0.2, 0) is 14.8 Å². The number of hydrogen-bond acceptors (Lipinski definition) is 7. The molecule has 0 heterocycles. The van der Waals surface area contributed by atoms with Gasteiger partial charge in [-0.3, -0.25) is 24.4 Å². The molecule has 0 saturated heterocycles. The third-order valence-corrected chi connectivity index (χ3v) is 6.34. The molecule has 0 bridgehead atoms. The van der Waals surface area contributed by atoms with E-state index in [0.717, 1.165) is 0 Å². The fourth-order valence-electron chi connectivity index (χ4n) is 3.12. The highest BCUT2D eigenvalue weighted by molar-refractivity contribution is 7.92. The second kappa shape index (κ2) is 10.1. The van der Waals surface area contributed by atoms with Gasteiger partial charge >= 0.3 is 0 Å². The number of non-ortho nitro benzene ring substituents is 1. The van der Waals surface area contributed by atoms with Gasteiger partial charge in [0.05, 0.1) is 29.0 Å². The number of aryl methyl sites for hydroxylation is 1. The largest absolute Gasteiger partial charge is 0.495 e. The maximum absolute atomic E-state index is 13.0. The van der Waals surface area contributed by atoms with Crippen LogP contribution in [0.1, 0.15) is 22.3 Å². The summed E-state index contributed by atoms with van der Waals surface area (Å²) in [6, 6.07) is 15.8. The number of para-hydroxylation sites is 2. The van der Waals surface area contributed by atoms with Crippen LogP contribution in [0.2, 0.25) is 0 Å². The number of carbonyl (C=O) groups is 2. The number of hydrogen-bond donors (Lipinski definition) is 2. The Morgan fingerprint density at radius 1 is 1.03 bits per heavy atom. The van der Waals surface area contributed by atoms with E-state index in [4.69, 9.17) is 4.74 Å². The molecule has 3 aromatic carbocycles. The van der Waals surface area contributed by atoms with Crippen molar-refractivity contribution in [3.05, 3.63) is 88.0 Å². The number of ether oxygens (including phenoxy) is 1. The monoisotopic (exact) mass is 483 g/mol. The zero-order chi connectivity index (χ0) is 24.9. The summed E-state index contributed by atoms with van der Waals surface area (Å²) in [5.74, 6) is -0.851. The fraction of sp³-hybridized carbons (Fsp3) is 0.130. The highest BCUT2D eigenvalue weighted by Gasteiger charge is 2.20. The van der Waals surface area contributed by atoms with Crippen molar-refractivity contribution < 1.29 is 27.7 Å². The Morgan fingerprint density at radius 2 is 1.71 bits per heavy atom. The minimum atomic E-state index is -4.02. The number of ketones is 1. The number of carbonyl (C=O) groups excluding carboxylic acids is 2. The molecule has 0 aliphatic heterocycles. The fourth-order valence-corrected chi connectivity index (χ4v) is 4.46. The first-order chi connectivity index (χ1) is 16.1. The van der Waals surface area contributed by atoms with Crippen molar-refractivity contribution in [2.75, 3.05) is 17.1 Å². The van der Waals surface area contributed by atoms with Crippen molar-refractivity contribution in [2.24, 2.45) is 0 Å². The quantitative estimate of drug-likeness (QED) is 0.203. The summed E-state index contributed by atoms with van der Waals surface area (Å²) in [7, 11) is -2.59. The molecule has 0 unspecified atom stereocenters. The van der Waals surface area contributed by atoms with E-state index in [9.17, 15) is 28.1 Å². The summed E-state index contributed by atoms with van der Waals surface area (Å²) in [5.41, 5.74) is 0.868. The Kier molecular flexibility index (Phi) is 7.27. The van der Waals surface area contributed by atoms with Crippen molar-refractivity contribution in [3.8, 4) is 5.75 Å². The SMILES string of the molecule is COc1ccccc1NS(=O)(=O)c1cc(NC(=O)CC(=O)c2ccc([N+](=O)[O-])cc2)ccc1C. The minimum absolute atomic E-state index is 0.0575. The van der Waals surface area contributed by atoms with Crippen molar-refractivity contribution in [3.63, 3.8) is 0 Å². The zero-order valence-corrected chi connectivity index (χ0v) is 19.1. The van der Waals surface area contributed by atoms with Crippen LogP contribution in [0.15, 0.2) is 71.6 Å². The molecule has 0 atom stereocenters. The van der Waals surface area contributed by atoms with Gasteiger partial charge in [-0.15, -0.1) is 0 Å². The first-order valence-corrected chi connectivity index (χ1v) is 11.4. The molecule has 1 amide bonds. The van der Waals surface area contributed by atoms with Gasteiger partial charge in [0.1, 0.15) is 5.75 Å². The number of amides is 1. The average molecular weight is 484 g/mol. The summed E-state index contributed by atoms with van der Waals surface area (Å²) >= 11 is 0. The Balaban J connectivity index is 1.74. The predicted octanol–water partition coefficient (Wildman–Crippen LogP) is 3.92. The van der Waals surface area contributed by atoms with E-state index in [1.54, 1.807) is 31.2 Å². The Bertz CT molecular complexity index is 1350. The van der Waals surface area contributed by atoms with Gasteiger partial charge in [0.25, 0.3) is 15.7 Å². The molecule has 2 N–H and O–H groups in total.